The van der Waals surface area contributed by atoms with E-state index < -0.39 is 0 Å². The summed E-state index contributed by atoms with van der Waals surface area (Å²) >= 11 is 1.81. The predicted octanol–water partition coefficient (Wildman–Crippen LogP) is 3.94. The molecule has 1 heterocycles. The summed E-state index contributed by atoms with van der Waals surface area (Å²) in [6.45, 7) is 4.31. The van der Waals surface area contributed by atoms with E-state index in [1.165, 1.54) is 6.92 Å². The number of fused-ring (bicyclic) bond motifs is 1. The van der Waals surface area contributed by atoms with E-state index in [0.29, 0.717) is 23.2 Å². The normalized spacial score (nSPS) is 16.4. The van der Waals surface area contributed by atoms with Crippen molar-refractivity contribution in [1.82, 2.24) is 0 Å². The summed E-state index contributed by atoms with van der Waals surface area (Å²) in [5, 5.41) is 3.17. The van der Waals surface area contributed by atoms with Crippen LogP contribution < -0.4 is 15.0 Å². The van der Waals surface area contributed by atoms with Crippen molar-refractivity contribution in [3.8, 4) is 5.75 Å². The second kappa shape index (κ2) is 8.27. The number of para-hydroxylation sites is 1. The third-order valence-corrected chi connectivity index (χ3v) is 5.32. The maximum atomic E-state index is 12.7. The third kappa shape index (κ3) is 4.58. The second-order valence-corrected chi connectivity index (χ2v) is 7.70. The molecule has 1 aliphatic heterocycles. The van der Waals surface area contributed by atoms with Crippen LogP contribution in [0.3, 0.4) is 0 Å². The third-order valence-electron chi connectivity index (χ3n) is 4.08. The van der Waals surface area contributed by atoms with Crippen molar-refractivity contribution in [1.29, 1.82) is 0 Å². The van der Waals surface area contributed by atoms with Gasteiger partial charge in [-0.3, -0.25) is 9.59 Å². The van der Waals surface area contributed by atoms with Crippen molar-refractivity contribution >= 4 is 35.0 Å². The number of carbonyl (C=O) groups is 2. The number of nitrogens with one attached hydrogen (secondary N) is 1. The SMILES string of the molecule is CC(=O)Nc1ccc(OCC(=O)N2CC[C@H](C)Sc3ccccc32)cc1. The van der Waals surface area contributed by atoms with Crippen LogP contribution in [0.2, 0.25) is 0 Å². The Morgan fingerprint density at radius 2 is 1.92 bits per heavy atom. The van der Waals surface area contributed by atoms with Crippen LogP contribution in [0.1, 0.15) is 20.3 Å². The fourth-order valence-corrected chi connectivity index (χ4v) is 3.92. The zero-order valence-corrected chi connectivity index (χ0v) is 15.7. The van der Waals surface area contributed by atoms with Crippen LogP contribution in [0, 0.1) is 0 Å². The summed E-state index contributed by atoms with van der Waals surface area (Å²) < 4.78 is 5.65. The molecule has 136 valence electrons. The molecular weight excluding hydrogens is 348 g/mol. The van der Waals surface area contributed by atoms with Crippen LogP contribution in [-0.4, -0.2) is 30.2 Å². The quantitative estimate of drug-likeness (QED) is 0.886. The summed E-state index contributed by atoms with van der Waals surface area (Å²) in [7, 11) is 0. The zero-order valence-electron chi connectivity index (χ0n) is 14.9. The van der Waals surface area contributed by atoms with Crippen molar-refractivity contribution < 1.29 is 14.3 Å². The molecule has 2 aromatic rings. The van der Waals surface area contributed by atoms with Gasteiger partial charge in [0.25, 0.3) is 5.91 Å². The predicted molar refractivity (Wildman–Crippen MR) is 105 cm³/mol. The van der Waals surface area contributed by atoms with Gasteiger partial charge in [-0.05, 0) is 42.8 Å². The van der Waals surface area contributed by atoms with Gasteiger partial charge < -0.3 is 15.0 Å². The summed E-state index contributed by atoms with van der Waals surface area (Å²) in [5.74, 6) is 0.414. The Labute approximate surface area is 157 Å². The molecule has 2 amide bonds. The molecule has 2 aromatic carbocycles. The Hall–Kier alpha value is -2.47. The van der Waals surface area contributed by atoms with E-state index in [1.54, 1.807) is 36.0 Å². The molecule has 26 heavy (non-hydrogen) atoms. The molecule has 1 atom stereocenters. The lowest BCUT2D eigenvalue weighted by Gasteiger charge is -2.22. The molecule has 0 spiro atoms. The van der Waals surface area contributed by atoms with Crippen LogP contribution in [0.4, 0.5) is 11.4 Å². The van der Waals surface area contributed by atoms with Gasteiger partial charge in [0.1, 0.15) is 5.75 Å². The van der Waals surface area contributed by atoms with Gasteiger partial charge in [0.05, 0.1) is 5.69 Å². The van der Waals surface area contributed by atoms with Gasteiger partial charge in [0.15, 0.2) is 6.61 Å². The molecule has 0 aromatic heterocycles. The van der Waals surface area contributed by atoms with Gasteiger partial charge in [0, 0.05) is 29.3 Å². The molecule has 0 unspecified atom stereocenters. The average molecular weight is 370 g/mol. The fourth-order valence-electron chi connectivity index (χ4n) is 2.81. The van der Waals surface area contributed by atoms with Gasteiger partial charge in [-0.1, -0.05) is 19.1 Å². The van der Waals surface area contributed by atoms with E-state index in [4.69, 9.17) is 4.74 Å². The number of carbonyl (C=O) groups excluding carboxylic acids is 2. The first-order valence-corrected chi connectivity index (χ1v) is 9.47. The molecule has 0 saturated heterocycles. The number of anilines is 2. The molecule has 5 nitrogen and oxygen atoms in total. The number of hydrogen-bond donors (Lipinski definition) is 1. The Kier molecular flexibility index (Phi) is 5.83. The standard InChI is InChI=1S/C20H22N2O3S/c1-14-11-12-22(18-5-3-4-6-19(18)26-14)20(24)13-25-17-9-7-16(8-10-17)21-15(2)23/h3-10,14H,11-13H2,1-2H3,(H,21,23)/t14-/m0/s1. The first-order valence-electron chi connectivity index (χ1n) is 8.59. The molecule has 6 heteroatoms. The lowest BCUT2D eigenvalue weighted by atomic mass is 10.2. The molecule has 0 fully saturated rings. The van der Waals surface area contributed by atoms with Crippen LogP contribution in [-0.2, 0) is 9.59 Å². The lowest BCUT2D eigenvalue weighted by molar-refractivity contribution is -0.120. The van der Waals surface area contributed by atoms with Gasteiger partial charge in [-0.15, -0.1) is 11.8 Å². The van der Waals surface area contributed by atoms with E-state index in [9.17, 15) is 9.59 Å². The molecule has 3 rings (SSSR count). The van der Waals surface area contributed by atoms with Crippen LogP contribution in [0.25, 0.3) is 0 Å². The van der Waals surface area contributed by atoms with Gasteiger partial charge >= 0.3 is 0 Å². The number of benzene rings is 2. The van der Waals surface area contributed by atoms with Crippen molar-refractivity contribution in [3.05, 3.63) is 48.5 Å². The average Bonchev–Trinajstić information content (AvgIpc) is 2.78. The molecule has 0 bridgehead atoms. The first-order chi connectivity index (χ1) is 12.5. The van der Waals surface area contributed by atoms with Gasteiger partial charge in [0.2, 0.25) is 5.91 Å². The van der Waals surface area contributed by atoms with Crippen LogP contribution in [0.15, 0.2) is 53.4 Å². The van der Waals surface area contributed by atoms with E-state index in [-0.39, 0.29) is 18.4 Å². The van der Waals surface area contributed by atoms with Crippen molar-refractivity contribution in [3.63, 3.8) is 0 Å². The highest BCUT2D eigenvalue weighted by molar-refractivity contribution is 8.00. The molecule has 0 saturated carbocycles. The number of hydrogen-bond acceptors (Lipinski definition) is 4. The van der Waals surface area contributed by atoms with Gasteiger partial charge in [-0.2, -0.15) is 0 Å². The Bertz CT molecular complexity index is 792. The van der Waals surface area contributed by atoms with Gasteiger partial charge in [-0.25, -0.2) is 0 Å². The van der Waals surface area contributed by atoms with E-state index in [1.807, 2.05) is 23.1 Å². The van der Waals surface area contributed by atoms with E-state index >= 15 is 0 Å². The monoisotopic (exact) mass is 370 g/mol. The minimum absolute atomic E-state index is 0.0210. The van der Waals surface area contributed by atoms with Crippen molar-refractivity contribution in [2.24, 2.45) is 0 Å². The summed E-state index contributed by atoms with van der Waals surface area (Å²) in [6, 6.07) is 15.0. The second-order valence-electron chi connectivity index (χ2n) is 6.22. The van der Waals surface area contributed by atoms with Crippen LogP contribution in [0.5, 0.6) is 5.75 Å². The van der Waals surface area contributed by atoms with Crippen molar-refractivity contribution in [2.45, 2.75) is 30.4 Å². The van der Waals surface area contributed by atoms with E-state index in [0.717, 1.165) is 17.0 Å². The maximum Gasteiger partial charge on any atom is 0.264 e. The number of nitrogens with zero attached hydrogens (tertiary/aromatic N) is 1. The molecule has 1 N–H and O–H groups in total. The highest BCUT2D eigenvalue weighted by Gasteiger charge is 2.24. The fraction of sp³-hybridized carbons (Fsp3) is 0.300. The summed E-state index contributed by atoms with van der Waals surface area (Å²) in [4.78, 5) is 26.7. The number of ether oxygens (including phenoxy) is 1. The zero-order chi connectivity index (χ0) is 18.5. The Morgan fingerprint density at radius 3 is 2.65 bits per heavy atom. The smallest absolute Gasteiger partial charge is 0.264 e. The largest absolute Gasteiger partial charge is 0.484 e. The maximum absolute atomic E-state index is 12.7. The number of amides is 2. The number of rotatable bonds is 4. The molecule has 1 aliphatic rings. The first kappa shape index (κ1) is 18.3. The summed E-state index contributed by atoms with van der Waals surface area (Å²) in [5.41, 5.74) is 1.65. The van der Waals surface area contributed by atoms with Crippen molar-refractivity contribution in [2.75, 3.05) is 23.4 Å². The molecular formula is C20H22N2O3S. The minimum Gasteiger partial charge on any atom is -0.484 e. The molecule has 0 aliphatic carbocycles. The van der Waals surface area contributed by atoms with E-state index in [2.05, 4.69) is 18.3 Å². The molecule has 0 radical (unpaired) electrons. The lowest BCUT2D eigenvalue weighted by Crippen LogP contribution is -2.36. The highest BCUT2D eigenvalue weighted by Crippen LogP contribution is 2.37. The number of thioether (sulfide) groups is 1. The highest BCUT2D eigenvalue weighted by atomic mass is 32.2. The Balaban J connectivity index is 1.65. The summed E-state index contributed by atoms with van der Waals surface area (Å²) in [6.07, 6.45) is 0.941. The Morgan fingerprint density at radius 1 is 1.19 bits per heavy atom. The van der Waals surface area contributed by atoms with Crippen LogP contribution >= 0.6 is 11.8 Å². The topological polar surface area (TPSA) is 58.6 Å². The minimum atomic E-state index is -0.124.